The van der Waals surface area contributed by atoms with Gasteiger partial charge in [0.05, 0.1) is 18.2 Å². The minimum Gasteiger partial charge on any atom is -0.455 e. The van der Waals surface area contributed by atoms with Crippen LogP contribution in [-0.2, 0) is 25.8 Å². The van der Waals surface area contributed by atoms with Crippen LogP contribution in [0.15, 0.2) is 83.4 Å². The van der Waals surface area contributed by atoms with E-state index in [1.165, 1.54) is 22.9 Å². The third kappa shape index (κ3) is 5.09. The Morgan fingerprint density at radius 3 is 2.61 bits per heavy atom. The predicted octanol–water partition coefficient (Wildman–Crippen LogP) is 5.94. The van der Waals surface area contributed by atoms with E-state index < -0.39 is 17.6 Å². The summed E-state index contributed by atoms with van der Waals surface area (Å²) in [5, 5.41) is 2.64. The van der Waals surface area contributed by atoms with Gasteiger partial charge >= 0.3 is 6.18 Å². The van der Waals surface area contributed by atoms with E-state index in [-0.39, 0.29) is 18.3 Å². The van der Waals surface area contributed by atoms with Gasteiger partial charge in [-0.25, -0.2) is 0 Å². The SMILES string of the molecule is Cc1ccc(C2c3cccn3CCN2Cc2ccc(C(=O)NCc3cccc(C(F)(F)F)c3)o2)cc1. The third-order valence-electron chi connectivity index (χ3n) is 6.48. The largest absolute Gasteiger partial charge is 0.455 e. The molecule has 0 saturated heterocycles. The van der Waals surface area contributed by atoms with Crippen molar-refractivity contribution in [1.29, 1.82) is 0 Å². The Morgan fingerprint density at radius 1 is 1.03 bits per heavy atom. The Bertz CT molecular complexity index is 1350. The van der Waals surface area contributed by atoms with E-state index in [1.807, 2.05) is 0 Å². The summed E-state index contributed by atoms with van der Waals surface area (Å²) in [6.45, 7) is 4.23. The zero-order chi connectivity index (χ0) is 25.3. The molecule has 0 aliphatic carbocycles. The summed E-state index contributed by atoms with van der Waals surface area (Å²) in [5.74, 6) is 0.307. The standard InChI is InChI=1S/C28H26F3N3O2/c1-19-7-9-21(10-8-19)26-24-6-3-13-33(24)14-15-34(26)18-23-11-12-25(36-23)27(35)32-17-20-4-2-5-22(16-20)28(29,30)31/h2-13,16,26H,14-15,17-18H2,1H3,(H,32,35). The zero-order valence-electron chi connectivity index (χ0n) is 19.8. The van der Waals surface area contributed by atoms with Crippen molar-refractivity contribution < 1.29 is 22.4 Å². The van der Waals surface area contributed by atoms with E-state index in [0.717, 1.165) is 25.2 Å². The maximum atomic E-state index is 12.9. The number of aryl methyl sites for hydroxylation is 1. The Balaban J connectivity index is 1.28. The minimum absolute atomic E-state index is 0.0304. The van der Waals surface area contributed by atoms with Crippen molar-refractivity contribution in [3.8, 4) is 0 Å². The topological polar surface area (TPSA) is 50.4 Å². The van der Waals surface area contributed by atoms with Gasteiger partial charge in [-0.05, 0) is 54.4 Å². The number of halogens is 3. The highest BCUT2D eigenvalue weighted by molar-refractivity contribution is 5.91. The first-order valence-electron chi connectivity index (χ1n) is 11.8. The molecule has 0 bridgehead atoms. The van der Waals surface area contributed by atoms with Gasteiger partial charge in [0.2, 0.25) is 0 Å². The lowest BCUT2D eigenvalue weighted by atomic mass is 9.99. The van der Waals surface area contributed by atoms with Crippen molar-refractivity contribution in [3.05, 3.63) is 118 Å². The number of aromatic nitrogens is 1. The van der Waals surface area contributed by atoms with Gasteiger partial charge in [0.25, 0.3) is 5.91 Å². The van der Waals surface area contributed by atoms with E-state index in [1.54, 1.807) is 18.2 Å². The van der Waals surface area contributed by atoms with Gasteiger partial charge in [0.1, 0.15) is 5.76 Å². The molecule has 36 heavy (non-hydrogen) atoms. The number of carbonyl (C=O) groups is 1. The third-order valence-corrected chi connectivity index (χ3v) is 6.48. The monoisotopic (exact) mass is 493 g/mol. The Kier molecular flexibility index (Phi) is 6.45. The second kappa shape index (κ2) is 9.70. The van der Waals surface area contributed by atoms with Crippen molar-refractivity contribution >= 4 is 5.91 Å². The molecule has 5 rings (SSSR count). The average molecular weight is 494 g/mol. The van der Waals surface area contributed by atoms with Gasteiger partial charge in [-0.3, -0.25) is 9.69 Å². The molecule has 0 radical (unpaired) electrons. The summed E-state index contributed by atoms with van der Waals surface area (Å²) < 4.78 is 46.9. The highest BCUT2D eigenvalue weighted by Crippen LogP contribution is 2.34. The molecule has 4 aromatic rings. The lowest BCUT2D eigenvalue weighted by Crippen LogP contribution is -2.37. The smallest absolute Gasteiger partial charge is 0.416 e. The number of amides is 1. The Labute approximate surface area is 207 Å². The molecule has 8 heteroatoms. The molecule has 1 atom stereocenters. The summed E-state index contributed by atoms with van der Waals surface area (Å²) in [4.78, 5) is 14.9. The number of nitrogens with one attached hydrogen (secondary N) is 1. The fourth-order valence-corrected chi connectivity index (χ4v) is 4.64. The molecule has 1 amide bonds. The van der Waals surface area contributed by atoms with E-state index in [2.05, 4.69) is 64.3 Å². The summed E-state index contributed by atoms with van der Waals surface area (Å²) in [7, 11) is 0. The maximum Gasteiger partial charge on any atom is 0.416 e. The Morgan fingerprint density at radius 2 is 1.83 bits per heavy atom. The number of nitrogens with zero attached hydrogens (tertiary/aromatic N) is 2. The summed E-state index contributed by atoms with van der Waals surface area (Å²) in [6, 6.07) is 21.0. The van der Waals surface area contributed by atoms with E-state index in [9.17, 15) is 18.0 Å². The van der Waals surface area contributed by atoms with Crippen LogP contribution < -0.4 is 5.32 Å². The molecule has 5 nitrogen and oxygen atoms in total. The fourth-order valence-electron chi connectivity index (χ4n) is 4.64. The number of hydrogen-bond acceptors (Lipinski definition) is 3. The lowest BCUT2D eigenvalue weighted by Gasteiger charge is -2.37. The van der Waals surface area contributed by atoms with E-state index in [4.69, 9.17) is 4.42 Å². The van der Waals surface area contributed by atoms with Gasteiger partial charge < -0.3 is 14.3 Å². The average Bonchev–Trinajstić information content (AvgIpc) is 3.53. The zero-order valence-corrected chi connectivity index (χ0v) is 19.8. The van der Waals surface area contributed by atoms with Crippen molar-refractivity contribution in [3.63, 3.8) is 0 Å². The lowest BCUT2D eigenvalue weighted by molar-refractivity contribution is -0.137. The van der Waals surface area contributed by atoms with Crippen molar-refractivity contribution in [2.75, 3.05) is 6.54 Å². The fraction of sp³-hybridized carbons (Fsp3) is 0.250. The quantitative estimate of drug-likeness (QED) is 0.362. The number of rotatable bonds is 6. The van der Waals surface area contributed by atoms with Crippen molar-refractivity contribution in [2.24, 2.45) is 0 Å². The second-order valence-electron chi connectivity index (χ2n) is 9.06. The first-order chi connectivity index (χ1) is 17.3. The van der Waals surface area contributed by atoms with Gasteiger partial charge in [-0.15, -0.1) is 0 Å². The van der Waals surface area contributed by atoms with Gasteiger partial charge in [0.15, 0.2) is 5.76 Å². The van der Waals surface area contributed by atoms with E-state index >= 15 is 0 Å². The molecule has 0 fully saturated rings. The number of carbonyl (C=O) groups excluding carboxylic acids is 1. The molecular weight excluding hydrogens is 467 g/mol. The predicted molar refractivity (Wildman–Crippen MR) is 129 cm³/mol. The van der Waals surface area contributed by atoms with Crippen LogP contribution in [0.5, 0.6) is 0 Å². The van der Waals surface area contributed by atoms with Crippen LogP contribution in [0, 0.1) is 6.92 Å². The van der Waals surface area contributed by atoms with Gasteiger partial charge in [0, 0.05) is 31.5 Å². The molecule has 2 aromatic carbocycles. The number of benzene rings is 2. The van der Waals surface area contributed by atoms with Crippen LogP contribution in [0.4, 0.5) is 13.2 Å². The van der Waals surface area contributed by atoms with Crippen molar-refractivity contribution in [1.82, 2.24) is 14.8 Å². The molecule has 0 saturated carbocycles. The molecule has 1 unspecified atom stereocenters. The highest BCUT2D eigenvalue weighted by Gasteiger charge is 2.31. The summed E-state index contributed by atoms with van der Waals surface area (Å²) in [5.41, 5.74) is 3.21. The van der Waals surface area contributed by atoms with Crippen LogP contribution in [0.2, 0.25) is 0 Å². The number of alkyl halides is 3. The van der Waals surface area contributed by atoms with Crippen LogP contribution in [0.1, 0.15) is 50.3 Å². The molecule has 1 N–H and O–H groups in total. The van der Waals surface area contributed by atoms with Crippen LogP contribution >= 0.6 is 0 Å². The summed E-state index contributed by atoms with van der Waals surface area (Å²) >= 11 is 0. The normalized spacial score (nSPS) is 16.1. The van der Waals surface area contributed by atoms with Crippen LogP contribution in [0.25, 0.3) is 0 Å². The molecule has 1 aliphatic heterocycles. The molecule has 0 spiro atoms. The minimum atomic E-state index is -4.43. The van der Waals surface area contributed by atoms with Gasteiger partial charge in [-0.2, -0.15) is 13.2 Å². The first-order valence-corrected chi connectivity index (χ1v) is 11.8. The molecule has 3 heterocycles. The number of fused-ring (bicyclic) bond motifs is 1. The maximum absolute atomic E-state index is 12.9. The van der Waals surface area contributed by atoms with Crippen molar-refractivity contribution in [2.45, 2.75) is 38.8 Å². The summed E-state index contributed by atoms with van der Waals surface area (Å²) in [6.07, 6.45) is -2.34. The van der Waals surface area contributed by atoms with E-state index in [0.29, 0.717) is 17.9 Å². The highest BCUT2D eigenvalue weighted by atomic mass is 19.4. The molecule has 2 aromatic heterocycles. The van der Waals surface area contributed by atoms with Crippen LogP contribution in [-0.4, -0.2) is 21.9 Å². The molecule has 186 valence electrons. The van der Waals surface area contributed by atoms with Gasteiger partial charge in [-0.1, -0.05) is 42.0 Å². The Hall–Kier alpha value is -3.78. The number of hydrogen-bond donors (Lipinski definition) is 1. The first kappa shape index (κ1) is 23.9. The molecular formula is C28H26F3N3O2. The van der Waals surface area contributed by atoms with Crippen LogP contribution in [0.3, 0.4) is 0 Å². The second-order valence-corrected chi connectivity index (χ2v) is 9.06. The molecule has 1 aliphatic rings. The number of furan rings is 1.